The fourth-order valence-electron chi connectivity index (χ4n) is 1.89. The Labute approximate surface area is 121 Å². The van der Waals surface area contributed by atoms with Gasteiger partial charge in [0, 0.05) is 21.9 Å². The Morgan fingerprint density at radius 1 is 1.39 bits per heavy atom. The molecule has 1 aromatic carbocycles. The molecule has 2 aromatic rings. The molecule has 0 spiro atoms. The van der Waals surface area contributed by atoms with E-state index in [0.717, 1.165) is 27.2 Å². The second-order valence-electron chi connectivity index (χ2n) is 3.94. The zero-order valence-corrected chi connectivity index (χ0v) is 12.4. The van der Waals surface area contributed by atoms with E-state index in [1.165, 1.54) is 0 Å². The van der Waals surface area contributed by atoms with Gasteiger partial charge < -0.3 is 5.32 Å². The first-order chi connectivity index (χ1) is 8.72. The Kier molecular flexibility index (Phi) is 4.75. The largest absolute Gasteiger partial charge is 0.306 e. The van der Waals surface area contributed by atoms with Gasteiger partial charge in [-0.2, -0.15) is 0 Å². The Bertz CT molecular complexity index is 516. The van der Waals surface area contributed by atoms with Crippen molar-refractivity contribution in [3.8, 4) is 0 Å². The number of halogens is 2. The smallest absolute Gasteiger partial charge is 0.0603 e. The van der Waals surface area contributed by atoms with E-state index in [0.29, 0.717) is 0 Å². The summed E-state index contributed by atoms with van der Waals surface area (Å²) in [4.78, 5) is 4.18. The second-order valence-corrected chi connectivity index (χ2v) is 5.23. The lowest BCUT2D eigenvalue weighted by molar-refractivity contribution is 0.626. The molecule has 1 heterocycles. The van der Waals surface area contributed by atoms with E-state index in [1.54, 1.807) is 6.20 Å². The average Bonchev–Trinajstić information content (AvgIpc) is 2.38. The lowest BCUT2D eigenvalue weighted by atomic mass is 10.0. The van der Waals surface area contributed by atoms with Crippen molar-refractivity contribution in [2.24, 2.45) is 0 Å². The number of hydrogen-bond acceptors (Lipinski definition) is 2. The first-order valence-electron chi connectivity index (χ1n) is 5.80. The van der Waals surface area contributed by atoms with E-state index in [2.05, 4.69) is 39.2 Å². The molecule has 18 heavy (non-hydrogen) atoms. The number of rotatable bonds is 4. The minimum absolute atomic E-state index is 0.121. The van der Waals surface area contributed by atoms with Crippen LogP contribution in [0.4, 0.5) is 0 Å². The first kappa shape index (κ1) is 13.5. The molecule has 2 nitrogen and oxygen atoms in total. The predicted octanol–water partition coefficient (Wildman–Crippen LogP) is 4.20. The third-order valence-corrected chi connectivity index (χ3v) is 3.62. The summed E-state index contributed by atoms with van der Waals surface area (Å²) in [5.74, 6) is 0. The highest BCUT2D eigenvalue weighted by molar-refractivity contribution is 9.10. The van der Waals surface area contributed by atoms with Crippen LogP contribution in [-0.2, 0) is 0 Å². The van der Waals surface area contributed by atoms with Gasteiger partial charge in [0.1, 0.15) is 0 Å². The minimum Gasteiger partial charge on any atom is -0.306 e. The van der Waals surface area contributed by atoms with Gasteiger partial charge in [-0.05, 0) is 35.9 Å². The normalized spacial score (nSPS) is 12.4. The molecule has 0 saturated heterocycles. The zero-order valence-electron chi connectivity index (χ0n) is 10.0. The SMILES string of the molecule is CCNC(c1cccnc1)c1ccc(Cl)cc1Br. The summed E-state index contributed by atoms with van der Waals surface area (Å²) in [7, 11) is 0. The molecule has 0 aliphatic heterocycles. The molecule has 2 rings (SSSR count). The maximum absolute atomic E-state index is 5.98. The molecule has 0 fully saturated rings. The number of hydrogen-bond donors (Lipinski definition) is 1. The van der Waals surface area contributed by atoms with Crippen LogP contribution in [0.25, 0.3) is 0 Å². The van der Waals surface area contributed by atoms with Crippen LogP contribution in [-0.4, -0.2) is 11.5 Å². The van der Waals surface area contributed by atoms with Crippen molar-refractivity contribution in [3.05, 3.63) is 63.3 Å². The highest BCUT2D eigenvalue weighted by Gasteiger charge is 2.15. The number of nitrogens with zero attached hydrogens (tertiary/aromatic N) is 1. The number of aromatic nitrogens is 1. The van der Waals surface area contributed by atoms with E-state index in [-0.39, 0.29) is 6.04 Å². The molecule has 1 atom stereocenters. The minimum atomic E-state index is 0.121. The molecule has 0 aliphatic carbocycles. The fourth-order valence-corrected chi connectivity index (χ4v) is 2.81. The summed E-state index contributed by atoms with van der Waals surface area (Å²) < 4.78 is 1.00. The van der Waals surface area contributed by atoms with E-state index in [1.807, 2.05) is 30.5 Å². The quantitative estimate of drug-likeness (QED) is 0.911. The summed E-state index contributed by atoms with van der Waals surface area (Å²) in [6, 6.07) is 9.99. The summed E-state index contributed by atoms with van der Waals surface area (Å²) >= 11 is 9.55. The molecule has 0 amide bonds. The van der Waals surface area contributed by atoms with Crippen molar-refractivity contribution in [1.82, 2.24) is 10.3 Å². The predicted molar refractivity (Wildman–Crippen MR) is 78.9 cm³/mol. The van der Waals surface area contributed by atoms with Crippen LogP contribution in [0.2, 0.25) is 5.02 Å². The van der Waals surface area contributed by atoms with Gasteiger partial charge in [0.15, 0.2) is 0 Å². The van der Waals surface area contributed by atoms with Gasteiger partial charge in [-0.15, -0.1) is 0 Å². The van der Waals surface area contributed by atoms with Crippen molar-refractivity contribution in [1.29, 1.82) is 0 Å². The van der Waals surface area contributed by atoms with Crippen LogP contribution in [0.1, 0.15) is 24.1 Å². The molecule has 1 N–H and O–H groups in total. The first-order valence-corrected chi connectivity index (χ1v) is 6.97. The lowest BCUT2D eigenvalue weighted by Gasteiger charge is -2.20. The highest BCUT2D eigenvalue weighted by atomic mass is 79.9. The van der Waals surface area contributed by atoms with Crippen LogP contribution in [0.3, 0.4) is 0 Å². The van der Waals surface area contributed by atoms with Crippen molar-refractivity contribution in [2.75, 3.05) is 6.54 Å². The van der Waals surface area contributed by atoms with Gasteiger partial charge in [-0.25, -0.2) is 0 Å². The van der Waals surface area contributed by atoms with Crippen LogP contribution < -0.4 is 5.32 Å². The Hall–Kier alpha value is -0.900. The van der Waals surface area contributed by atoms with Crippen molar-refractivity contribution in [3.63, 3.8) is 0 Å². The second kappa shape index (κ2) is 6.32. The standard InChI is InChI=1S/C14H14BrClN2/c1-2-18-14(10-4-3-7-17-9-10)12-6-5-11(16)8-13(12)15/h3-9,14,18H,2H2,1H3. The summed E-state index contributed by atoms with van der Waals surface area (Å²) in [5.41, 5.74) is 2.30. The Balaban J connectivity index is 2.41. The summed E-state index contributed by atoms with van der Waals surface area (Å²) in [5, 5.41) is 4.19. The van der Waals surface area contributed by atoms with Crippen LogP contribution in [0.15, 0.2) is 47.2 Å². The van der Waals surface area contributed by atoms with Crippen molar-refractivity contribution >= 4 is 27.5 Å². The maximum atomic E-state index is 5.98. The Morgan fingerprint density at radius 3 is 2.83 bits per heavy atom. The number of nitrogens with one attached hydrogen (secondary N) is 1. The lowest BCUT2D eigenvalue weighted by Crippen LogP contribution is -2.22. The van der Waals surface area contributed by atoms with E-state index >= 15 is 0 Å². The third kappa shape index (κ3) is 3.10. The number of benzene rings is 1. The van der Waals surface area contributed by atoms with E-state index in [9.17, 15) is 0 Å². The van der Waals surface area contributed by atoms with Gasteiger partial charge in [-0.3, -0.25) is 4.98 Å². The highest BCUT2D eigenvalue weighted by Crippen LogP contribution is 2.30. The van der Waals surface area contributed by atoms with Crippen molar-refractivity contribution < 1.29 is 0 Å². The van der Waals surface area contributed by atoms with E-state index in [4.69, 9.17) is 11.6 Å². The van der Waals surface area contributed by atoms with Crippen LogP contribution in [0.5, 0.6) is 0 Å². The molecule has 4 heteroatoms. The molecule has 0 bridgehead atoms. The Morgan fingerprint density at radius 2 is 2.22 bits per heavy atom. The number of pyridine rings is 1. The molecule has 1 aromatic heterocycles. The molecule has 1 unspecified atom stereocenters. The van der Waals surface area contributed by atoms with Gasteiger partial charge in [0.2, 0.25) is 0 Å². The van der Waals surface area contributed by atoms with Crippen LogP contribution in [0, 0.1) is 0 Å². The van der Waals surface area contributed by atoms with Gasteiger partial charge >= 0.3 is 0 Å². The van der Waals surface area contributed by atoms with Crippen molar-refractivity contribution in [2.45, 2.75) is 13.0 Å². The van der Waals surface area contributed by atoms with E-state index < -0.39 is 0 Å². The molecular weight excluding hydrogens is 312 g/mol. The van der Waals surface area contributed by atoms with Gasteiger partial charge in [0.05, 0.1) is 6.04 Å². The molecular formula is C14H14BrClN2. The maximum Gasteiger partial charge on any atom is 0.0603 e. The molecule has 94 valence electrons. The average molecular weight is 326 g/mol. The monoisotopic (exact) mass is 324 g/mol. The van der Waals surface area contributed by atoms with Crippen LogP contribution >= 0.6 is 27.5 Å². The molecule has 0 radical (unpaired) electrons. The fraction of sp³-hybridized carbons (Fsp3) is 0.214. The molecule has 0 saturated carbocycles. The summed E-state index contributed by atoms with van der Waals surface area (Å²) in [6.45, 7) is 2.97. The summed E-state index contributed by atoms with van der Waals surface area (Å²) in [6.07, 6.45) is 3.66. The van der Waals surface area contributed by atoms with Gasteiger partial charge in [-0.1, -0.05) is 46.6 Å². The molecule has 0 aliphatic rings. The topological polar surface area (TPSA) is 24.9 Å². The zero-order chi connectivity index (χ0) is 13.0. The third-order valence-electron chi connectivity index (χ3n) is 2.70. The van der Waals surface area contributed by atoms with Gasteiger partial charge in [0.25, 0.3) is 0 Å².